The van der Waals surface area contributed by atoms with Crippen LogP contribution in [0.15, 0.2) is 27.8 Å². The molecule has 9 nitrogen and oxygen atoms in total. The Bertz CT molecular complexity index is 1280. The van der Waals surface area contributed by atoms with Crippen LogP contribution in [0.2, 0.25) is 5.02 Å². The van der Waals surface area contributed by atoms with Crippen molar-refractivity contribution in [2.75, 3.05) is 13.2 Å². The molecule has 3 rings (SSSR count). The molecule has 2 heterocycles. The number of halogens is 5. The predicted octanol–water partition coefficient (Wildman–Crippen LogP) is 2.22. The molecule has 0 N–H and O–H groups in total. The van der Waals surface area contributed by atoms with E-state index in [1.165, 1.54) is 13.8 Å². The number of ether oxygens (including phenoxy) is 3. The van der Waals surface area contributed by atoms with Gasteiger partial charge in [0.1, 0.15) is 24.2 Å². The minimum atomic E-state index is -5.02. The van der Waals surface area contributed by atoms with E-state index in [4.69, 9.17) is 25.8 Å². The van der Waals surface area contributed by atoms with E-state index in [0.29, 0.717) is 18.7 Å². The Morgan fingerprint density at radius 3 is 2.38 bits per heavy atom. The lowest BCUT2D eigenvalue weighted by atomic mass is 10.1. The summed E-state index contributed by atoms with van der Waals surface area (Å²) in [5.74, 6) is -3.43. The Balaban J connectivity index is 1.99. The third kappa shape index (κ3) is 5.14. The SMILES string of the molecule is Cn1c(C(F)(F)F)cc(=O)n(-c2cc(C(=O)OC(C)(C)C(=O)OCC3CO3)c(Cl)cc2F)c1=O. The lowest BCUT2D eigenvalue weighted by molar-refractivity contribution is -0.163. The summed E-state index contributed by atoms with van der Waals surface area (Å²) in [6, 6.07) is 1.35. The van der Waals surface area contributed by atoms with Crippen LogP contribution in [0, 0.1) is 5.82 Å². The third-order valence-electron chi connectivity index (χ3n) is 4.75. The molecule has 1 aromatic carbocycles. The molecule has 0 radical (unpaired) electrons. The summed E-state index contributed by atoms with van der Waals surface area (Å²) in [7, 11) is 0.741. The molecule has 2 aromatic rings. The fraction of sp³-hybridized carbons (Fsp3) is 0.400. The van der Waals surface area contributed by atoms with Crippen molar-refractivity contribution < 1.29 is 41.4 Å². The first-order chi connectivity index (χ1) is 15.6. The monoisotopic (exact) mass is 508 g/mol. The van der Waals surface area contributed by atoms with Crippen LogP contribution in [0.25, 0.3) is 5.69 Å². The zero-order valence-electron chi connectivity index (χ0n) is 17.9. The summed E-state index contributed by atoms with van der Waals surface area (Å²) in [6.07, 6.45) is -5.26. The maximum Gasteiger partial charge on any atom is 0.431 e. The fourth-order valence-electron chi connectivity index (χ4n) is 2.82. The van der Waals surface area contributed by atoms with Gasteiger partial charge in [0.25, 0.3) is 5.56 Å². The van der Waals surface area contributed by atoms with Crippen LogP contribution in [-0.4, -0.2) is 46.0 Å². The number of aromatic nitrogens is 2. The van der Waals surface area contributed by atoms with Crippen molar-refractivity contribution >= 4 is 23.5 Å². The Hall–Kier alpha value is -3.19. The van der Waals surface area contributed by atoms with Gasteiger partial charge in [-0.3, -0.25) is 9.36 Å². The van der Waals surface area contributed by atoms with Crippen molar-refractivity contribution in [1.82, 2.24) is 9.13 Å². The molecular weight excluding hydrogens is 492 g/mol. The maximum absolute atomic E-state index is 14.6. The molecule has 1 aliphatic heterocycles. The molecular formula is C20H17ClF4N2O7. The van der Waals surface area contributed by atoms with E-state index in [9.17, 15) is 36.7 Å². The molecule has 0 aliphatic carbocycles. The topological polar surface area (TPSA) is 109 Å². The quantitative estimate of drug-likeness (QED) is 0.334. The first kappa shape index (κ1) is 25.4. The predicted molar refractivity (Wildman–Crippen MR) is 107 cm³/mol. The van der Waals surface area contributed by atoms with Crippen LogP contribution in [0.3, 0.4) is 0 Å². The summed E-state index contributed by atoms with van der Waals surface area (Å²) >= 11 is 5.91. The number of esters is 2. The molecule has 14 heteroatoms. The molecule has 0 amide bonds. The number of carbonyl (C=O) groups excluding carboxylic acids is 2. The van der Waals surface area contributed by atoms with Crippen molar-refractivity contribution in [2.24, 2.45) is 7.05 Å². The summed E-state index contributed by atoms with van der Waals surface area (Å²) in [6.45, 7) is 2.80. The summed E-state index contributed by atoms with van der Waals surface area (Å²) < 4.78 is 69.0. The average molecular weight is 509 g/mol. The first-order valence-corrected chi connectivity index (χ1v) is 9.93. The standard InChI is InChI=1S/C20H17ClF4N2O7/c1-19(2,17(30)33-8-9-7-32-9)34-16(29)10-4-13(12(22)5-11(10)21)27-15(28)6-14(20(23,24)25)26(3)18(27)31/h4-6,9H,7-8H2,1-3H3. The van der Waals surface area contributed by atoms with Gasteiger partial charge in [-0.05, 0) is 26.0 Å². The van der Waals surface area contributed by atoms with Gasteiger partial charge < -0.3 is 14.2 Å². The van der Waals surface area contributed by atoms with Crippen LogP contribution in [-0.2, 0) is 32.2 Å². The number of rotatable bonds is 6. The second kappa shape index (κ2) is 8.87. The van der Waals surface area contributed by atoms with Gasteiger partial charge in [0, 0.05) is 13.1 Å². The smallest absolute Gasteiger partial charge is 0.431 e. The zero-order chi connectivity index (χ0) is 25.6. The highest BCUT2D eigenvalue weighted by Crippen LogP contribution is 2.28. The van der Waals surface area contributed by atoms with Gasteiger partial charge in [0.15, 0.2) is 0 Å². The number of nitrogens with zero attached hydrogens (tertiary/aromatic N) is 2. The Kier molecular flexibility index (Phi) is 6.64. The summed E-state index contributed by atoms with van der Waals surface area (Å²) in [4.78, 5) is 49.6. The molecule has 34 heavy (non-hydrogen) atoms. The van der Waals surface area contributed by atoms with Crippen molar-refractivity contribution in [2.45, 2.75) is 31.7 Å². The van der Waals surface area contributed by atoms with Crippen LogP contribution >= 0.6 is 11.6 Å². The van der Waals surface area contributed by atoms with E-state index >= 15 is 0 Å². The molecule has 1 atom stereocenters. The molecule has 1 fully saturated rings. The van der Waals surface area contributed by atoms with E-state index in [1.54, 1.807) is 0 Å². The van der Waals surface area contributed by atoms with Gasteiger partial charge >= 0.3 is 23.8 Å². The molecule has 184 valence electrons. The van der Waals surface area contributed by atoms with E-state index in [2.05, 4.69) is 0 Å². The molecule has 1 aliphatic rings. The van der Waals surface area contributed by atoms with Gasteiger partial charge in [-0.1, -0.05) is 11.6 Å². The molecule has 1 saturated heterocycles. The minimum Gasteiger partial charge on any atom is -0.460 e. The number of hydrogen-bond donors (Lipinski definition) is 0. The highest BCUT2D eigenvalue weighted by Gasteiger charge is 2.37. The fourth-order valence-corrected chi connectivity index (χ4v) is 3.05. The van der Waals surface area contributed by atoms with Crippen molar-refractivity contribution in [1.29, 1.82) is 0 Å². The van der Waals surface area contributed by atoms with Crippen molar-refractivity contribution in [3.8, 4) is 5.69 Å². The molecule has 0 spiro atoms. The molecule has 0 bridgehead atoms. The highest BCUT2D eigenvalue weighted by molar-refractivity contribution is 6.33. The molecule has 0 saturated carbocycles. The van der Waals surface area contributed by atoms with E-state index < -0.39 is 62.7 Å². The lowest BCUT2D eigenvalue weighted by Crippen LogP contribution is -2.41. The Labute approximate surface area is 193 Å². The second-order valence-corrected chi connectivity index (χ2v) is 8.19. The van der Waals surface area contributed by atoms with E-state index in [-0.39, 0.29) is 27.9 Å². The lowest BCUT2D eigenvalue weighted by Gasteiger charge is -2.23. The minimum absolute atomic E-state index is 0.0542. The summed E-state index contributed by atoms with van der Waals surface area (Å²) in [5.41, 5.74) is -7.79. The van der Waals surface area contributed by atoms with E-state index in [1.807, 2.05) is 0 Å². The van der Waals surface area contributed by atoms with Crippen molar-refractivity contribution in [3.05, 3.63) is 61.1 Å². The van der Waals surface area contributed by atoms with Crippen LogP contribution in [0.4, 0.5) is 17.6 Å². The number of hydrogen-bond acceptors (Lipinski definition) is 7. The number of benzene rings is 1. The number of alkyl halides is 3. The average Bonchev–Trinajstić information content (AvgIpc) is 3.53. The van der Waals surface area contributed by atoms with Gasteiger partial charge in [0.05, 0.1) is 22.9 Å². The van der Waals surface area contributed by atoms with Gasteiger partial charge in [-0.25, -0.2) is 23.3 Å². The number of epoxide rings is 1. The third-order valence-corrected chi connectivity index (χ3v) is 5.06. The second-order valence-electron chi connectivity index (χ2n) is 7.78. The summed E-state index contributed by atoms with van der Waals surface area (Å²) in [5, 5.41) is -0.501. The van der Waals surface area contributed by atoms with Gasteiger partial charge in [-0.15, -0.1) is 0 Å². The Morgan fingerprint density at radius 1 is 1.21 bits per heavy atom. The van der Waals surface area contributed by atoms with Crippen molar-refractivity contribution in [3.63, 3.8) is 0 Å². The van der Waals surface area contributed by atoms with Gasteiger partial charge in [0.2, 0.25) is 5.60 Å². The van der Waals surface area contributed by atoms with Crippen LogP contribution < -0.4 is 11.2 Å². The largest absolute Gasteiger partial charge is 0.460 e. The number of carbonyl (C=O) groups is 2. The van der Waals surface area contributed by atoms with E-state index in [0.717, 1.165) is 7.05 Å². The van der Waals surface area contributed by atoms with Gasteiger partial charge in [-0.2, -0.15) is 13.2 Å². The maximum atomic E-state index is 14.6. The van der Waals surface area contributed by atoms with Crippen LogP contribution in [0.5, 0.6) is 0 Å². The highest BCUT2D eigenvalue weighted by atomic mass is 35.5. The molecule has 1 unspecified atom stereocenters. The first-order valence-electron chi connectivity index (χ1n) is 9.55. The van der Waals surface area contributed by atoms with Crippen LogP contribution in [0.1, 0.15) is 29.9 Å². The zero-order valence-corrected chi connectivity index (χ0v) is 18.6. The molecule has 1 aromatic heterocycles. The normalized spacial score (nSPS) is 15.7. The Morgan fingerprint density at radius 2 is 1.82 bits per heavy atom.